The first-order valence-electron chi connectivity index (χ1n) is 6.70. The first kappa shape index (κ1) is 14.7. The van der Waals surface area contributed by atoms with Crippen LogP contribution < -0.4 is 5.32 Å². The molecule has 0 aromatic carbocycles. The van der Waals surface area contributed by atoms with Gasteiger partial charge in [0.1, 0.15) is 0 Å². The van der Waals surface area contributed by atoms with Gasteiger partial charge in [-0.05, 0) is 26.2 Å². The summed E-state index contributed by atoms with van der Waals surface area (Å²) in [6.07, 6.45) is 6.96. The van der Waals surface area contributed by atoms with Crippen LogP contribution in [0.15, 0.2) is 11.6 Å². The summed E-state index contributed by atoms with van der Waals surface area (Å²) in [5.74, 6) is -0.928. The van der Waals surface area contributed by atoms with Crippen LogP contribution in [0.5, 0.6) is 0 Å². The molecule has 1 amide bonds. The van der Waals surface area contributed by atoms with Gasteiger partial charge in [-0.1, -0.05) is 32.3 Å². The highest BCUT2D eigenvalue weighted by Crippen LogP contribution is 2.36. The SMILES string of the molecule is CC/C=C(/C)C(=O)NCC1(C(=O)O)CCCCC1. The lowest BCUT2D eigenvalue weighted by Gasteiger charge is -2.33. The van der Waals surface area contributed by atoms with Crippen LogP contribution in [-0.2, 0) is 9.59 Å². The first-order valence-corrected chi connectivity index (χ1v) is 6.70. The smallest absolute Gasteiger partial charge is 0.311 e. The van der Waals surface area contributed by atoms with Crippen molar-refractivity contribution in [3.8, 4) is 0 Å². The number of nitrogens with one attached hydrogen (secondary N) is 1. The summed E-state index contributed by atoms with van der Waals surface area (Å²) in [5.41, 5.74) is -0.0886. The second-order valence-electron chi connectivity index (χ2n) is 5.12. The minimum atomic E-state index is -0.778. The normalized spacial score (nSPS) is 19.3. The molecule has 0 heterocycles. The molecule has 0 unspecified atom stereocenters. The molecule has 1 saturated carbocycles. The molecule has 4 heteroatoms. The fourth-order valence-electron chi connectivity index (χ4n) is 2.48. The molecule has 0 aromatic rings. The van der Waals surface area contributed by atoms with Crippen LogP contribution in [-0.4, -0.2) is 23.5 Å². The van der Waals surface area contributed by atoms with E-state index in [1.54, 1.807) is 6.92 Å². The number of carboxylic acids is 1. The fourth-order valence-corrected chi connectivity index (χ4v) is 2.48. The first-order chi connectivity index (χ1) is 8.52. The predicted molar refractivity (Wildman–Crippen MR) is 70.2 cm³/mol. The van der Waals surface area contributed by atoms with E-state index in [0.29, 0.717) is 18.4 Å². The summed E-state index contributed by atoms with van der Waals surface area (Å²) in [6.45, 7) is 3.97. The summed E-state index contributed by atoms with van der Waals surface area (Å²) in [7, 11) is 0. The molecule has 4 nitrogen and oxygen atoms in total. The van der Waals surface area contributed by atoms with Crippen molar-refractivity contribution in [1.82, 2.24) is 5.32 Å². The van der Waals surface area contributed by atoms with Crippen LogP contribution in [0.25, 0.3) is 0 Å². The average Bonchev–Trinajstić information content (AvgIpc) is 2.37. The summed E-state index contributed by atoms with van der Waals surface area (Å²) in [6, 6.07) is 0. The number of rotatable bonds is 5. The quantitative estimate of drug-likeness (QED) is 0.740. The summed E-state index contributed by atoms with van der Waals surface area (Å²) in [4.78, 5) is 23.2. The standard InChI is InChI=1S/C14H23NO3/c1-3-7-11(2)12(16)15-10-14(13(17)18)8-5-4-6-9-14/h7H,3-6,8-10H2,1-2H3,(H,15,16)(H,17,18)/b11-7-. The molecular formula is C14H23NO3. The minimum absolute atomic E-state index is 0.150. The van der Waals surface area contributed by atoms with E-state index in [0.717, 1.165) is 25.7 Å². The summed E-state index contributed by atoms with van der Waals surface area (Å²) in [5, 5.41) is 12.1. The van der Waals surface area contributed by atoms with Gasteiger partial charge in [0.2, 0.25) is 5.91 Å². The van der Waals surface area contributed by atoms with Crippen LogP contribution in [0.4, 0.5) is 0 Å². The topological polar surface area (TPSA) is 66.4 Å². The molecule has 0 aliphatic heterocycles. The number of carbonyl (C=O) groups excluding carboxylic acids is 1. The molecule has 0 aromatic heterocycles. The number of aliphatic carboxylic acids is 1. The van der Waals surface area contributed by atoms with Gasteiger partial charge in [0.25, 0.3) is 0 Å². The van der Waals surface area contributed by atoms with Crippen molar-refractivity contribution in [2.24, 2.45) is 5.41 Å². The van der Waals surface area contributed by atoms with Crippen molar-refractivity contribution in [1.29, 1.82) is 0 Å². The molecule has 102 valence electrons. The van der Waals surface area contributed by atoms with Crippen LogP contribution in [0.1, 0.15) is 52.4 Å². The third-order valence-corrected chi connectivity index (χ3v) is 3.72. The number of carbonyl (C=O) groups is 2. The fraction of sp³-hybridized carbons (Fsp3) is 0.714. The van der Waals surface area contributed by atoms with Crippen molar-refractivity contribution in [2.45, 2.75) is 52.4 Å². The van der Waals surface area contributed by atoms with E-state index in [-0.39, 0.29) is 12.5 Å². The van der Waals surface area contributed by atoms with E-state index in [1.165, 1.54) is 0 Å². The van der Waals surface area contributed by atoms with Gasteiger partial charge in [-0.25, -0.2) is 0 Å². The van der Waals surface area contributed by atoms with Crippen molar-refractivity contribution < 1.29 is 14.7 Å². The zero-order chi connectivity index (χ0) is 13.6. The molecular weight excluding hydrogens is 230 g/mol. The number of hydrogen-bond donors (Lipinski definition) is 2. The van der Waals surface area contributed by atoms with E-state index in [9.17, 15) is 14.7 Å². The highest BCUT2D eigenvalue weighted by Gasteiger charge is 2.39. The van der Waals surface area contributed by atoms with Crippen molar-refractivity contribution in [3.05, 3.63) is 11.6 Å². The van der Waals surface area contributed by atoms with Gasteiger partial charge in [0.05, 0.1) is 5.41 Å². The Morgan fingerprint density at radius 2 is 1.89 bits per heavy atom. The van der Waals surface area contributed by atoms with Gasteiger partial charge >= 0.3 is 5.97 Å². The van der Waals surface area contributed by atoms with Gasteiger partial charge in [-0.3, -0.25) is 9.59 Å². The van der Waals surface area contributed by atoms with Gasteiger partial charge in [0.15, 0.2) is 0 Å². The zero-order valence-electron chi connectivity index (χ0n) is 11.3. The molecule has 0 radical (unpaired) electrons. The maximum Gasteiger partial charge on any atom is 0.311 e. The Kier molecular flexibility index (Phi) is 5.38. The van der Waals surface area contributed by atoms with Gasteiger partial charge in [0, 0.05) is 12.1 Å². The van der Waals surface area contributed by atoms with E-state index in [4.69, 9.17) is 0 Å². The zero-order valence-corrected chi connectivity index (χ0v) is 11.3. The second kappa shape index (κ2) is 6.57. The second-order valence-corrected chi connectivity index (χ2v) is 5.12. The summed E-state index contributed by atoms with van der Waals surface area (Å²) >= 11 is 0. The van der Waals surface area contributed by atoms with Gasteiger partial charge in [-0.15, -0.1) is 0 Å². The Balaban J connectivity index is 2.61. The van der Waals surface area contributed by atoms with Crippen LogP contribution >= 0.6 is 0 Å². The van der Waals surface area contributed by atoms with Crippen molar-refractivity contribution in [3.63, 3.8) is 0 Å². The average molecular weight is 253 g/mol. The van der Waals surface area contributed by atoms with Crippen molar-refractivity contribution >= 4 is 11.9 Å². The maximum absolute atomic E-state index is 11.8. The molecule has 1 aliphatic carbocycles. The molecule has 1 fully saturated rings. The molecule has 1 aliphatic rings. The van der Waals surface area contributed by atoms with Crippen molar-refractivity contribution in [2.75, 3.05) is 6.54 Å². The lowest BCUT2D eigenvalue weighted by atomic mass is 9.74. The molecule has 0 spiro atoms. The highest BCUT2D eigenvalue weighted by atomic mass is 16.4. The lowest BCUT2D eigenvalue weighted by Crippen LogP contribution is -2.44. The van der Waals surface area contributed by atoms with Gasteiger partial charge < -0.3 is 10.4 Å². The number of carboxylic acid groups (broad SMARTS) is 1. The third kappa shape index (κ3) is 3.59. The Morgan fingerprint density at radius 1 is 1.28 bits per heavy atom. The minimum Gasteiger partial charge on any atom is -0.481 e. The van der Waals surface area contributed by atoms with E-state index < -0.39 is 11.4 Å². The Hall–Kier alpha value is -1.32. The molecule has 1 rings (SSSR count). The molecule has 0 bridgehead atoms. The van der Waals surface area contributed by atoms with Crippen LogP contribution in [0.2, 0.25) is 0 Å². The molecule has 0 saturated heterocycles. The Morgan fingerprint density at radius 3 is 2.39 bits per heavy atom. The van der Waals surface area contributed by atoms with E-state index in [1.807, 2.05) is 13.0 Å². The van der Waals surface area contributed by atoms with Crippen LogP contribution in [0, 0.1) is 5.41 Å². The highest BCUT2D eigenvalue weighted by molar-refractivity contribution is 5.93. The Labute approximate surface area is 108 Å². The lowest BCUT2D eigenvalue weighted by molar-refractivity contribution is -0.150. The molecule has 2 N–H and O–H groups in total. The monoisotopic (exact) mass is 253 g/mol. The number of amides is 1. The van der Waals surface area contributed by atoms with E-state index >= 15 is 0 Å². The molecule has 18 heavy (non-hydrogen) atoms. The maximum atomic E-state index is 11.8. The predicted octanol–water partition coefficient (Wildman–Crippen LogP) is 2.49. The summed E-state index contributed by atoms with van der Waals surface area (Å²) < 4.78 is 0. The third-order valence-electron chi connectivity index (χ3n) is 3.72. The number of hydrogen-bond acceptors (Lipinski definition) is 2. The molecule has 0 atom stereocenters. The van der Waals surface area contributed by atoms with E-state index in [2.05, 4.69) is 5.32 Å². The number of allylic oxidation sites excluding steroid dienone is 1. The Bertz CT molecular complexity index is 341. The van der Waals surface area contributed by atoms with Gasteiger partial charge in [-0.2, -0.15) is 0 Å². The van der Waals surface area contributed by atoms with Crippen LogP contribution in [0.3, 0.4) is 0 Å². The largest absolute Gasteiger partial charge is 0.481 e.